The van der Waals surface area contributed by atoms with E-state index in [4.69, 9.17) is 16.3 Å². The summed E-state index contributed by atoms with van der Waals surface area (Å²) in [7, 11) is 0. The molecule has 1 unspecified atom stereocenters. The van der Waals surface area contributed by atoms with Crippen LogP contribution in [0, 0.1) is 5.82 Å². The van der Waals surface area contributed by atoms with E-state index in [1.54, 1.807) is 59.5 Å². The number of nitrogens with one attached hydrogen (secondary N) is 1. The fourth-order valence-electron chi connectivity index (χ4n) is 3.66. The zero-order chi connectivity index (χ0) is 25.5. The Bertz CT molecular complexity index is 1250. The van der Waals surface area contributed by atoms with Gasteiger partial charge in [-0.2, -0.15) is 0 Å². The van der Waals surface area contributed by atoms with Crippen molar-refractivity contribution in [2.24, 2.45) is 4.99 Å². The zero-order valence-electron chi connectivity index (χ0n) is 19.6. The highest BCUT2D eigenvalue weighted by Crippen LogP contribution is 2.32. The van der Waals surface area contributed by atoms with Gasteiger partial charge in [-0.3, -0.25) is 14.5 Å². The molecule has 3 aromatic carbocycles. The van der Waals surface area contributed by atoms with E-state index in [1.165, 1.54) is 23.9 Å². The molecule has 36 heavy (non-hydrogen) atoms. The number of carbonyl (C=O) groups excluding carboxylic acids is 2. The van der Waals surface area contributed by atoms with Gasteiger partial charge in [0.15, 0.2) is 5.17 Å². The van der Waals surface area contributed by atoms with E-state index in [9.17, 15) is 14.0 Å². The number of thioether (sulfide) groups is 1. The highest BCUT2D eigenvalue weighted by Gasteiger charge is 2.39. The molecule has 1 saturated heterocycles. The Balaban J connectivity index is 1.48. The molecule has 9 heteroatoms. The average Bonchev–Trinajstić information content (AvgIpc) is 3.14. The second-order valence-electron chi connectivity index (χ2n) is 8.06. The van der Waals surface area contributed by atoms with Gasteiger partial charge in [0.05, 0.1) is 12.3 Å². The SMILES string of the molecule is CCOc1cccc(NC(=O)CC2SC(=Nc3ccc(Cl)cc3)N(CCc3ccc(F)cc3)C2=O)c1. The van der Waals surface area contributed by atoms with Crippen LogP contribution in [0.25, 0.3) is 0 Å². The first-order valence-corrected chi connectivity index (χ1v) is 12.8. The summed E-state index contributed by atoms with van der Waals surface area (Å²) in [6.07, 6.45) is 0.518. The van der Waals surface area contributed by atoms with Crippen LogP contribution in [-0.2, 0) is 16.0 Å². The molecule has 6 nitrogen and oxygen atoms in total. The lowest BCUT2D eigenvalue weighted by molar-refractivity contribution is -0.128. The van der Waals surface area contributed by atoms with Crippen molar-refractivity contribution in [3.8, 4) is 5.75 Å². The second-order valence-corrected chi connectivity index (χ2v) is 9.66. The van der Waals surface area contributed by atoms with E-state index in [2.05, 4.69) is 10.3 Å². The predicted octanol–water partition coefficient (Wildman–Crippen LogP) is 6.08. The normalized spacial score (nSPS) is 16.4. The summed E-state index contributed by atoms with van der Waals surface area (Å²) < 4.78 is 18.8. The fraction of sp³-hybridized carbons (Fsp3) is 0.222. The number of ether oxygens (including phenoxy) is 1. The van der Waals surface area contributed by atoms with Crippen LogP contribution in [0.15, 0.2) is 77.8 Å². The van der Waals surface area contributed by atoms with E-state index in [0.717, 1.165) is 5.56 Å². The third kappa shape index (κ3) is 6.86. The Morgan fingerprint density at radius 1 is 1.14 bits per heavy atom. The standard InChI is InChI=1S/C27H25ClFN3O3S/c1-2-35-23-5-3-4-22(16-23)30-25(33)17-24-26(34)32(15-14-18-6-10-20(29)11-7-18)27(36-24)31-21-12-8-19(28)9-13-21/h3-13,16,24H,2,14-15,17H2,1H3,(H,30,33). The Kier molecular flexibility index (Phi) is 8.61. The Labute approximate surface area is 218 Å². The van der Waals surface area contributed by atoms with Gasteiger partial charge in [0.2, 0.25) is 11.8 Å². The number of anilines is 1. The molecule has 0 aliphatic carbocycles. The quantitative estimate of drug-likeness (QED) is 0.367. The third-order valence-electron chi connectivity index (χ3n) is 5.41. The number of halogens is 2. The van der Waals surface area contributed by atoms with Gasteiger partial charge in [0.1, 0.15) is 16.8 Å². The largest absolute Gasteiger partial charge is 0.494 e. The lowest BCUT2D eigenvalue weighted by atomic mass is 10.1. The van der Waals surface area contributed by atoms with Crippen LogP contribution in [0.5, 0.6) is 5.75 Å². The number of hydrogen-bond acceptors (Lipinski definition) is 5. The van der Waals surface area contributed by atoms with Gasteiger partial charge in [-0.05, 0) is 67.4 Å². The van der Waals surface area contributed by atoms with Crippen molar-refractivity contribution in [2.75, 3.05) is 18.5 Å². The number of amides is 2. The number of amidine groups is 1. The number of benzene rings is 3. The van der Waals surface area contributed by atoms with Crippen LogP contribution in [-0.4, -0.2) is 40.3 Å². The lowest BCUT2D eigenvalue weighted by Crippen LogP contribution is -2.35. The van der Waals surface area contributed by atoms with E-state index in [0.29, 0.717) is 46.9 Å². The lowest BCUT2D eigenvalue weighted by Gasteiger charge is -2.16. The minimum absolute atomic E-state index is 0.00491. The van der Waals surface area contributed by atoms with Gasteiger partial charge in [0, 0.05) is 29.7 Å². The van der Waals surface area contributed by atoms with Gasteiger partial charge in [-0.1, -0.05) is 41.6 Å². The minimum Gasteiger partial charge on any atom is -0.494 e. The number of carbonyl (C=O) groups is 2. The number of nitrogens with zero attached hydrogens (tertiary/aromatic N) is 2. The van der Waals surface area contributed by atoms with Crippen molar-refractivity contribution in [2.45, 2.75) is 25.0 Å². The molecule has 186 valence electrons. The zero-order valence-corrected chi connectivity index (χ0v) is 21.2. The van der Waals surface area contributed by atoms with Crippen molar-refractivity contribution < 1.29 is 18.7 Å². The molecule has 1 heterocycles. The van der Waals surface area contributed by atoms with Crippen LogP contribution in [0.3, 0.4) is 0 Å². The molecular weight excluding hydrogens is 501 g/mol. The first-order valence-electron chi connectivity index (χ1n) is 11.5. The molecular formula is C27H25ClFN3O3S. The van der Waals surface area contributed by atoms with Crippen molar-refractivity contribution in [1.82, 2.24) is 4.90 Å². The van der Waals surface area contributed by atoms with Crippen LogP contribution in [0.1, 0.15) is 18.9 Å². The molecule has 1 N–H and O–H groups in total. The highest BCUT2D eigenvalue weighted by molar-refractivity contribution is 8.15. The van der Waals surface area contributed by atoms with Gasteiger partial charge in [-0.15, -0.1) is 0 Å². The Hall–Kier alpha value is -3.36. The fourth-order valence-corrected chi connectivity index (χ4v) is 4.97. The molecule has 2 amide bonds. The monoisotopic (exact) mass is 525 g/mol. The number of hydrogen-bond donors (Lipinski definition) is 1. The molecule has 0 radical (unpaired) electrons. The Morgan fingerprint density at radius 2 is 1.89 bits per heavy atom. The molecule has 3 aromatic rings. The highest BCUT2D eigenvalue weighted by atomic mass is 35.5. The van der Waals surface area contributed by atoms with Crippen molar-refractivity contribution in [1.29, 1.82) is 0 Å². The summed E-state index contributed by atoms with van der Waals surface area (Å²) in [5.41, 5.74) is 2.15. The van der Waals surface area contributed by atoms with E-state index < -0.39 is 5.25 Å². The van der Waals surface area contributed by atoms with Crippen molar-refractivity contribution in [3.05, 3.63) is 89.2 Å². The topological polar surface area (TPSA) is 71.0 Å². The van der Waals surface area contributed by atoms with E-state index in [-0.39, 0.29) is 24.1 Å². The second kappa shape index (κ2) is 12.1. The van der Waals surface area contributed by atoms with Gasteiger partial charge in [0.25, 0.3) is 0 Å². The summed E-state index contributed by atoms with van der Waals surface area (Å²) in [5.74, 6) is -0.117. The molecule has 1 atom stereocenters. The molecule has 0 aromatic heterocycles. The van der Waals surface area contributed by atoms with Crippen LogP contribution >= 0.6 is 23.4 Å². The smallest absolute Gasteiger partial charge is 0.242 e. The summed E-state index contributed by atoms with van der Waals surface area (Å²) in [5, 5.41) is 3.33. The maximum absolute atomic E-state index is 13.3. The van der Waals surface area contributed by atoms with Gasteiger partial charge >= 0.3 is 0 Å². The molecule has 4 rings (SSSR count). The van der Waals surface area contributed by atoms with Crippen molar-refractivity contribution in [3.63, 3.8) is 0 Å². The molecule has 0 bridgehead atoms. The maximum atomic E-state index is 13.3. The van der Waals surface area contributed by atoms with Crippen molar-refractivity contribution >= 4 is 51.7 Å². The van der Waals surface area contributed by atoms with Crippen LogP contribution < -0.4 is 10.1 Å². The minimum atomic E-state index is -0.612. The first kappa shape index (κ1) is 25.7. The average molecular weight is 526 g/mol. The number of rotatable bonds is 9. The van der Waals surface area contributed by atoms with Gasteiger partial charge in [-0.25, -0.2) is 9.38 Å². The Morgan fingerprint density at radius 3 is 2.61 bits per heavy atom. The predicted molar refractivity (Wildman–Crippen MR) is 143 cm³/mol. The summed E-state index contributed by atoms with van der Waals surface area (Å²) in [6, 6.07) is 20.3. The van der Waals surface area contributed by atoms with E-state index >= 15 is 0 Å². The first-order chi connectivity index (χ1) is 17.4. The summed E-state index contributed by atoms with van der Waals surface area (Å²) in [4.78, 5) is 32.3. The van der Waals surface area contributed by atoms with Crippen LogP contribution in [0.2, 0.25) is 5.02 Å². The van der Waals surface area contributed by atoms with Crippen LogP contribution in [0.4, 0.5) is 15.8 Å². The maximum Gasteiger partial charge on any atom is 0.242 e. The molecule has 1 fully saturated rings. The molecule has 1 aliphatic heterocycles. The third-order valence-corrected chi connectivity index (χ3v) is 6.84. The summed E-state index contributed by atoms with van der Waals surface area (Å²) >= 11 is 7.25. The summed E-state index contributed by atoms with van der Waals surface area (Å²) in [6.45, 7) is 2.77. The van der Waals surface area contributed by atoms with E-state index in [1.807, 2.05) is 13.0 Å². The number of aliphatic imine (C=N–C) groups is 1. The molecule has 0 saturated carbocycles. The molecule has 0 spiro atoms. The van der Waals surface area contributed by atoms with Gasteiger partial charge < -0.3 is 10.1 Å². The molecule has 1 aliphatic rings.